The number of nitro benzene ring substituents is 1. The third kappa shape index (κ3) is 5.61. The molecule has 0 aliphatic heterocycles. The maximum absolute atomic E-state index is 13.0. The van der Waals surface area contributed by atoms with Crippen molar-refractivity contribution in [2.24, 2.45) is 5.92 Å². The second-order valence-corrected chi connectivity index (χ2v) is 10.8. The number of halogens is 5. The molecule has 0 saturated heterocycles. The van der Waals surface area contributed by atoms with Crippen LogP contribution < -0.4 is 10.6 Å². The number of carbonyl (C=O) groups excluding carboxylic acids is 2. The second-order valence-electron chi connectivity index (χ2n) is 8.07. The maximum atomic E-state index is 13.0. The Morgan fingerprint density at radius 3 is 2.27 bits per heavy atom. The van der Waals surface area contributed by atoms with Crippen LogP contribution in [0.2, 0.25) is 15.1 Å². The van der Waals surface area contributed by atoms with E-state index in [-0.39, 0.29) is 33.2 Å². The zero-order valence-corrected chi connectivity index (χ0v) is 22.0. The normalized spacial score (nSPS) is 17.4. The van der Waals surface area contributed by atoms with Crippen molar-refractivity contribution < 1.29 is 14.5 Å². The van der Waals surface area contributed by atoms with Gasteiger partial charge < -0.3 is 10.6 Å². The number of nitrogens with one attached hydrogen (secondary N) is 2. The Kier molecular flexibility index (Phi) is 7.56. The topological polar surface area (TPSA) is 125 Å². The van der Waals surface area contributed by atoms with Crippen LogP contribution in [0.3, 0.4) is 0 Å². The van der Waals surface area contributed by atoms with Gasteiger partial charge in [-0.15, -0.1) is 23.2 Å². The standard InChI is InChI=1S/C24H13Cl5N4O4/c25-13-5-11(6-14(26)8-13)20-21(24(20,28)29)23(35)31-15-1-3-18(27)17(9-15)22(34)32-19-4-2-16(33(36)37)7-12(19)10-30/h1-9,20-21H,(H,31,35)(H,32,34)/t20-,21+/m1/s1. The fraction of sp³-hybridized carbons (Fsp3) is 0.125. The number of nitro groups is 1. The molecule has 3 aromatic carbocycles. The number of amides is 2. The molecule has 13 heteroatoms. The summed E-state index contributed by atoms with van der Waals surface area (Å²) in [6.45, 7) is 0. The summed E-state index contributed by atoms with van der Waals surface area (Å²) in [6, 6.07) is 14.3. The van der Waals surface area contributed by atoms with Crippen molar-refractivity contribution in [1.82, 2.24) is 0 Å². The zero-order valence-electron chi connectivity index (χ0n) is 18.3. The summed E-state index contributed by atoms with van der Waals surface area (Å²) in [5, 5.41) is 26.2. The summed E-state index contributed by atoms with van der Waals surface area (Å²) < 4.78 is -1.39. The first-order valence-corrected chi connectivity index (χ1v) is 12.3. The number of non-ortho nitro benzene ring substituents is 1. The number of hydrogen-bond donors (Lipinski definition) is 2. The first-order valence-electron chi connectivity index (χ1n) is 10.4. The molecule has 0 aromatic heterocycles. The number of hydrogen-bond acceptors (Lipinski definition) is 5. The van der Waals surface area contributed by atoms with E-state index in [0.29, 0.717) is 15.6 Å². The highest BCUT2D eigenvalue weighted by Gasteiger charge is 2.67. The number of rotatable bonds is 6. The molecule has 2 N–H and O–H groups in total. The Morgan fingerprint density at radius 2 is 1.65 bits per heavy atom. The third-order valence-corrected chi connectivity index (χ3v) is 7.35. The second kappa shape index (κ2) is 10.4. The summed E-state index contributed by atoms with van der Waals surface area (Å²) in [6.07, 6.45) is 0. The van der Waals surface area contributed by atoms with E-state index in [9.17, 15) is 25.0 Å². The first-order chi connectivity index (χ1) is 17.4. The smallest absolute Gasteiger partial charge is 0.270 e. The molecule has 0 radical (unpaired) electrons. The zero-order chi connectivity index (χ0) is 27.1. The third-order valence-electron chi connectivity index (χ3n) is 5.64. The van der Waals surface area contributed by atoms with Crippen molar-refractivity contribution in [3.63, 3.8) is 0 Å². The van der Waals surface area contributed by atoms with Crippen molar-refractivity contribution >= 4 is 86.9 Å². The fourth-order valence-electron chi connectivity index (χ4n) is 3.86. The van der Waals surface area contributed by atoms with Gasteiger partial charge in [-0.1, -0.05) is 34.8 Å². The minimum atomic E-state index is -1.39. The van der Waals surface area contributed by atoms with E-state index in [1.165, 1.54) is 24.3 Å². The SMILES string of the molecule is N#Cc1cc([N+](=O)[O-])ccc1NC(=O)c1cc(NC(=O)[C@@H]2[C@@H](c3cc(Cl)cc(Cl)c3)C2(Cl)Cl)ccc1Cl. The van der Waals surface area contributed by atoms with E-state index in [1.54, 1.807) is 24.3 Å². The number of nitriles is 1. The summed E-state index contributed by atoms with van der Waals surface area (Å²) in [4.78, 5) is 36.2. The molecule has 2 amide bonds. The molecule has 4 rings (SSSR count). The van der Waals surface area contributed by atoms with E-state index in [1.807, 2.05) is 0 Å². The van der Waals surface area contributed by atoms with E-state index in [0.717, 1.165) is 12.1 Å². The van der Waals surface area contributed by atoms with Crippen LogP contribution in [0.1, 0.15) is 27.4 Å². The van der Waals surface area contributed by atoms with Gasteiger partial charge in [0.1, 0.15) is 10.4 Å². The molecule has 0 unspecified atom stereocenters. The van der Waals surface area contributed by atoms with Crippen molar-refractivity contribution in [1.29, 1.82) is 5.26 Å². The van der Waals surface area contributed by atoms with Crippen LogP contribution in [0.15, 0.2) is 54.6 Å². The summed E-state index contributed by atoms with van der Waals surface area (Å²) in [5.41, 5.74) is 0.477. The van der Waals surface area contributed by atoms with Crippen LogP contribution in [0.5, 0.6) is 0 Å². The molecule has 1 fully saturated rings. The molecule has 0 spiro atoms. The summed E-state index contributed by atoms with van der Waals surface area (Å²) in [5.74, 6) is -2.58. The predicted molar refractivity (Wildman–Crippen MR) is 143 cm³/mol. The van der Waals surface area contributed by atoms with E-state index in [4.69, 9.17) is 58.0 Å². The minimum absolute atomic E-state index is 0.0151. The molecule has 1 aliphatic rings. The van der Waals surface area contributed by atoms with Gasteiger partial charge in [-0.3, -0.25) is 19.7 Å². The Labute approximate surface area is 235 Å². The van der Waals surface area contributed by atoms with Gasteiger partial charge in [0, 0.05) is 33.8 Å². The molecule has 188 valence electrons. The number of nitrogens with zero attached hydrogens (tertiary/aromatic N) is 2. The lowest BCUT2D eigenvalue weighted by Gasteiger charge is -2.11. The largest absolute Gasteiger partial charge is 0.326 e. The highest BCUT2D eigenvalue weighted by atomic mass is 35.5. The molecule has 1 saturated carbocycles. The van der Waals surface area contributed by atoms with E-state index >= 15 is 0 Å². The van der Waals surface area contributed by atoms with Crippen LogP contribution in [0.25, 0.3) is 0 Å². The predicted octanol–water partition coefficient (Wildman–Crippen LogP) is 7.20. The Bertz CT molecular complexity index is 1480. The van der Waals surface area contributed by atoms with Gasteiger partial charge in [0.05, 0.1) is 32.7 Å². The van der Waals surface area contributed by atoms with Gasteiger partial charge in [0.15, 0.2) is 0 Å². The lowest BCUT2D eigenvalue weighted by atomic mass is 10.1. The molecule has 37 heavy (non-hydrogen) atoms. The van der Waals surface area contributed by atoms with Crippen molar-refractivity contribution in [3.8, 4) is 6.07 Å². The first kappa shape index (κ1) is 27.0. The van der Waals surface area contributed by atoms with Gasteiger partial charge >= 0.3 is 0 Å². The highest BCUT2D eigenvalue weighted by Crippen LogP contribution is 2.65. The van der Waals surface area contributed by atoms with Crippen LogP contribution in [-0.2, 0) is 4.79 Å². The molecule has 2 atom stereocenters. The molecule has 3 aromatic rings. The monoisotopic (exact) mass is 596 g/mol. The highest BCUT2D eigenvalue weighted by molar-refractivity contribution is 6.53. The Balaban J connectivity index is 1.53. The minimum Gasteiger partial charge on any atom is -0.326 e. The average molecular weight is 599 g/mol. The molecule has 0 bridgehead atoms. The van der Waals surface area contributed by atoms with Crippen molar-refractivity contribution in [3.05, 3.63) is 96.5 Å². The fourth-order valence-corrected chi connectivity index (χ4v) is 5.43. The lowest BCUT2D eigenvalue weighted by molar-refractivity contribution is -0.384. The van der Waals surface area contributed by atoms with Gasteiger partial charge in [0.25, 0.3) is 11.6 Å². The Hall–Kier alpha value is -3.06. The lowest BCUT2D eigenvalue weighted by Crippen LogP contribution is -2.18. The van der Waals surface area contributed by atoms with Gasteiger partial charge in [-0.05, 0) is 48.0 Å². The maximum Gasteiger partial charge on any atom is 0.270 e. The van der Waals surface area contributed by atoms with Gasteiger partial charge in [-0.2, -0.15) is 5.26 Å². The summed E-state index contributed by atoms with van der Waals surface area (Å²) in [7, 11) is 0. The average Bonchev–Trinajstić information content (AvgIpc) is 3.41. The van der Waals surface area contributed by atoms with Gasteiger partial charge in [-0.25, -0.2) is 0 Å². The van der Waals surface area contributed by atoms with Crippen molar-refractivity contribution in [2.75, 3.05) is 10.6 Å². The van der Waals surface area contributed by atoms with Crippen molar-refractivity contribution in [2.45, 2.75) is 10.3 Å². The van der Waals surface area contributed by atoms with Crippen LogP contribution in [0, 0.1) is 27.4 Å². The molecule has 0 heterocycles. The van der Waals surface area contributed by atoms with Crippen LogP contribution in [0.4, 0.5) is 17.1 Å². The molecular weight excluding hydrogens is 586 g/mol. The number of alkyl halides is 2. The van der Waals surface area contributed by atoms with E-state index < -0.39 is 32.9 Å². The molecular formula is C24H13Cl5N4O4. The van der Waals surface area contributed by atoms with Crippen LogP contribution >= 0.6 is 58.0 Å². The number of carbonyl (C=O) groups is 2. The van der Waals surface area contributed by atoms with Gasteiger partial charge in [0.2, 0.25) is 5.91 Å². The Morgan fingerprint density at radius 1 is 0.973 bits per heavy atom. The van der Waals surface area contributed by atoms with Crippen LogP contribution in [-0.4, -0.2) is 21.1 Å². The molecule has 8 nitrogen and oxygen atoms in total. The number of benzene rings is 3. The van der Waals surface area contributed by atoms with E-state index in [2.05, 4.69) is 10.6 Å². The quantitative estimate of drug-likeness (QED) is 0.176. The number of anilines is 2. The molecule has 1 aliphatic carbocycles. The summed E-state index contributed by atoms with van der Waals surface area (Å²) >= 11 is 31.1.